The van der Waals surface area contributed by atoms with Crippen LogP contribution in [0.4, 0.5) is 0 Å². The van der Waals surface area contributed by atoms with Crippen LogP contribution < -0.4 is 0 Å². The Morgan fingerprint density at radius 2 is 2.25 bits per heavy atom. The van der Waals surface area contributed by atoms with Crippen molar-refractivity contribution in [3.8, 4) is 0 Å². The second kappa shape index (κ2) is 4.46. The fourth-order valence-corrected chi connectivity index (χ4v) is 1.97. The van der Waals surface area contributed by atoms with Crippen molar-refractivity contribution >= 4 is 11.3 Å². The molecule has 0 atom stereocenters. The van der Waals surface area contributed by atoms with Crippen LogP contribution in [-0.4, -0.2) is 0 Å². The highest BCUT2D eigenvalue weighted by Gasteiger charge is 1.96. The third-order valence-electron chi connectivity index (χ3n) is 2.05. The molecule has 0 fully saturated rings. The topological polar surface area (TPSA) is 0 Å². The van der Waals surface area contributed by atoms with E-state index < -0.39 is 0 Å². The van der Waals surface area contributed by atoms with Gasteiger partial charge in [0.05, 0.1) is 0 Å². The van der Waals surface area contributed by atoms with Gasteiger partial charge in [-0.25, -0.2) is 0 Å². The molecule has 0 unspecified atom stereocenters. The molecule has 0 aliphatic rings. The van der Waals surface area contributed by atoms with Gasteiger partial charge < -0.3 is 0 Å². The molecule has 0 nitrogen and oxygen atoms in total. The molecule has 0 aliphatic carbocycles. The molecule has 0 amide bonds. The SMILES string of the molecule is CC=C(C)CCc1ccc(C)s1. The van der Waals surface area contributed by atoms with E-state index in [2.05, 4.69) is 39.0 Å². The highest BCUT2D eigenvalue weighted by atomic mass is 32.1. The molecular formula is C11H16S. The minimum atomic E-state index is 1.20. The molecule has 0 saturated carbocycles. The van der Waals surface area contributed by atoms with Gasteiger partial charge >= 0.3 is 0 Å². The monoisotopic (exact) mass is 180 g/mol. The van der Waals surface area contributed by atoms with E-state index in [4.69, 9.17) is 0 Å². The van der Waals surface area contributed by atoms with Crippen LogP contribution in [0.5, 0.6) is 0 Å². The third kappa shape index (κ3) is 2.82. The normalized spacial score (nSPS) is 12.1. The van der Waals surface area contributed by atoms with E-state index in [1.54, 1.807) is 0 Å². The predicted octanol–water partition coefficient (Wildman–Crippen LogP) is 3.96. The maximum absolute atomic E-state index is 2.24. The first kappa shape index (κ1) is 9.53. The van der Waals surface area contributed by atoms with Crippen molar-refractivity contribution in [2.75, 3.05) is 0 Å². The summed E-state index contributed by atoms with van der Waals surface area (Å²) in [6.07, 6.45) is 4.60. The summed E-state index contributed by atoms with van der Waals surface area (Å²) in [6, 6.07) is 4.44. The van der Waals surface area contributed by atoms with Crippen LogP contribution in [0, 0.1) is 6.92 Å². The molecule has 1 rings (SSSR count). The zero-order valence-electron chi connectivity index (χ0n) is 8.05. The Balaban J connectivity index is 2.43. The second-order valence-electron chi connectivity index (χ2n) is 3.15. The van der Waals surface area contributed by atoms with Gasteiger partial charge in [0, 0.05) is 9.75 Å². The van der Waals surface area contributed by atoms with E-state index in [1.165, 1.54) is 28.2 Å². The fourth-order valence-electron chi connectivity index (χ4n) is 1.08. The summed E-state index contributed by atoms with van der Waals surface area (Å²) in [6.45, 7) is 6.46. The van der Waals surface area contributed by atoms with Gasteiger partial charge in [-0.3, -0.25) is 0 Å². The van der Waals surface area contributed by atoms with E-state index in [-0.39, 0.29) is 0 Å². The summed E-state index contributed by atoms with van der Waals surface area (Å²) in [5.41, 5.74) is 1.49. The third-order valence-corrected chi connectivity index (χ3v) is 3.12. The first-order chi connectivity index (χ1) is 5.72. The second-order valence-corrected chi connectivity index (χ2v) is 4.52. The number of hydrogen-bond donors (Lipinski definition) is 0. The molecule has 1 aromatic rings. The van der Waals surface area contributed by atoms with Crippen LogP contribution in [0.2, 0.25) is 0 Å². The van der Waals surface area contributed by atoms with Crippen molar-refractivity contribution in [3.05, 3.63) is 33.5 Å². The minimum Gasteiger partial charge on any atom is -0.146 e. The Morgan fingerprint density at radius 1 is 1.50 bits per heavy atom. The fraction of sp³-hybridized carbons (Fsp3) is 0.455. The van der Waals surface area contributed by atoms with Gasteiger partial charge in [0.15, 0.2) is 0 Å². The van der Waals surface area contributed by atoms with E-state index >= 15 is 0 Å². The average Bonchev–Trinajstić information content (AvgIpc) is 2.47. The van der Waals surface area contributed by atoms with Crippen LogP contribution in [0.25, 0.3) is 0 Å². The lowest BCUT2D eigenvalue weighted by atomic mass is 10.1. The molecular weight excluding hydrogens is 164 g/mol. The molecule has 66 valence electrons. The van der Waals surface area contributed by atoms with E-state index in [9.17, 15) is 0 Å². The first-order valence-corrected chi connectivity index (χ1v) is 5.21. The van der Waals surface area contributed by atoms with Crippen LogP contribution in [-0.2, 0) is 6.42 Å². The largest absolute Gasteiger partial charge is 0.146 e. The molecule has 1 aromatic heterocycles. The molecule has 0 bridgehead atoms. The number of rotatable bonds is 3. The summed E-state index contributed by atoms with van der Waals surface area (Å²) >= 11 is 1.91. The summed E-state index contributed by atoms with van der Waals surface area (Å²) < 4.78 is 0. The highest BCUT2D eigenvalue weighted by molar-refractivity contribution is 7.11. The van der Waals surface area contributed by atoms with E-state index in [0.717, 1.165) is 0 Å². The molecule has 12 heavy (non-hydrogen) atoms. The lowest BCUT2D eigenvalue weighted by Gasteiger charge is -1.97. The van der Waals surface area contributed by atoms with Gasteiger partial charge in [0.1, 0.15) is 0 Å². The Morgan fingerprint density at radius 3 is 2.75 bits per heavy atom. The van der Waals surface area contributed by atoms with Crippen LogP contribution in [0.3, 0.4) is 0 Å². The number of allylic oxidation sites excluding steroid dienone is 2. The molecule has 0 aromatic carbocycles. The predicted molar refractivity (Wildman–Crippen MR) is 56.8 cm³/mol. The summed E-state index contributed by atoms with van der Waals surface area (Å²) in [4.78, 5) is 2.93. The lowest BCUT2D eigenvalue weighted by molar-refractivity contribution is 0.956. The maximum Gasteiger partial charge on any atom is 0.00512 e. The highest BCUT2D eigenvalue weighted by Crippen LogP contribution is 2.18. The Bertz CT molecular complexity index is 268. The van der Waals surface area contributed by atoms with Crippen molar-refractivity contribution in [2.24, 2.45) is 0 Å². The maximum atomic E-state index is 2.24. The number of aryl methyl sites for hydroxylation is 2. The molecule has 0 spiro atoms. The zero-order chi connectivity index (χ0) is 8.97. The Hall–Kier alpha value is -0.560. The summed E-state index contributed by atoms with van der Waals surface area (Å²) in [7, 11) is 0. The van der Waals surface area contributed by atoms with Crippen LogP contribution in [0.15, 0.2) is 23.8 Å². The number of hydrogen-bond acceptors (Lipinski definition) is 1. The van der Waals surface area contributed by atoms with Crippen molar-refractivity contribution < 1.29 is 0 Å². The van der Waals surface area contributed by atoms with Crippen LogP contribution in [0.1, 0.15) is 30.0 Å². The lowest BCUT2D eigenvalue weighted by Crippen LogP contribution is -1.81. The van der Waals surface area contributed by atoms with Crippen molar-refractivity contribution in [1.82, 2.24) is 0 Å². The molecule has 1 heteroatoms. The quantitative estimate of drug-likeness (QED) is 0.618. The van der Waals surface area contributed by atoms with Gasteiger partial charge in [-0.15, -0.1) is 11.3 Å². The Labute approximate surface area is 78.9 Å². The molecule has 0 aliphatic heterocycles. The molecule has 0 N–H and O–H groups in total. The van der Waals surface area contributed by atoms with Crippen molar-refractivity contribution in [3.63, 3.8) is 0 Å². The minimum absolute atomic E-state index is 1.20. The van der Waals surface area contributed by atoms with Crippen LogP contribution >= 0.6 is 11.3 Å². The number of thiophene rings is 1. The van der Waals surface area contributed by atoms with E-state index in [0.29, 0.717) is 0 Å². The van der Waals surface area contributed by atoms with Crippen molar-refractivity contribution in [1.29, 1.82) is 0 Å². The summed E-state index contributed by atoms with van der Waals surface area (Å²) in [5, 5.41) is 0. The smallest absolute Gasteiger partial charge is 0.00512 e. The first-order valence-electron chi connectivity index (χ1n) is 4.39. The summed E-state index contributed by atoms with van der Waals surface area (Å²) in [5.74, 6) is 0. The zero-order valence-corrected chi connectivity index (χ0v) is 8.87. The van der Waals surface area contributed by atoms with Gasteiger partial charge in [0.2, 0.25) is 0 Å². The molecule has 0 saturated heterocycles. The van der Waals surface area contributed by atoms with Crippen molar-refractivity contribution in [2.45, 2.75) is 33.6 Å². The van der Waals surface area contributed by atoms with Gasteiger partial charge in [-0.2, -0.15) is 0 Å². The molecule has 1 heterocycles. The standard InChI is InChI=1S/C11H16S/c1-4-9(2)5-7-11-8-6-10(3)12-11/h4,6,8H,5,7H2,1-3H3. The van der Waals surface area contributed by atoms with Gasteiger partial charge in [-0.05, 0) is 45.7 Å². The van der Waals surface area contributed by atoms with E-state index in [1.807, 2.05) is 11.3 Å². The average molecular weight is 180 g/mol. The van der Waals surface area contributed by atoms with Gasteiger partial charge in [0.25, 0.3) is 0 Å². The molecule has 0 radical (unpaired) electrons. The Kier molecular flexibility index (Phi) is 3.54. The van der Waals surface area contributed by atoms with Gasteiger partial charge in [-0.1, -0.05) is 11.6 Å².